The molecule has 120 valence electrons. The van der Waals surface area contributed by atoms with Crippen molar-refractivity contribution >= 4 is 11.5 Å². The van der Waals surface area contributed by atoms with E-state index in [1.54, 1.807) is 37.6 Å². The second kappa shape index (κ2) is 8.63. The summed E-state index contributed by atoms with van der Waals surface area (Å²) in [4.78, 5) is 12.0. The molecule has 0 saturated heterocycles. The Kier molecular flexibility index (Phi) is 6.24. The molecule has 2 aromatic carbocycles. The second-order valence-corrected chi connectivity index (χ2v) is 4.94. The van der Waals surface area contributed by atoms with E-state index in [1.165, 1.54) is 6.08 Å². The van der Waals surface area contributed by atoms with Crippen LogP contribution in [0.4, 0.5) is 5.69 Å². The van der Waals surface area contributed by atoms with Gasteiger partial charge >= 0.3 is 0 Å². The molecule has 2 aromatic rings. The van der Waals surface area contributed by atoms with Gasteiger partial charge in [0.25, 0.3) is 0 Å². The number of methoxy groups -OCH3 is 1. The van der Waals surface area contributed by atoms with Crippen LogP contribution >= 0.6 is 0 Å². The van der Waals surface area contributed by atoms with Crippen LogP contribution in [0.2, 0.25) is 0 Å². The summed E-state index contributed by atoms with van der Waals surface area (Å²) in [5.41, 5.74) is 1.51. The molecular formula is C19H21NO3. The Morgan fingerprint density at radius 1 is 1.04 bits per heavy atom. The maximum absolute atomic E-state index is 12.0. The molecule has 1 N–H and O–H groups in total. The molecule has 23 heavy (non-hydrogen) atoms. The van der Waals surface area contributed by atoms with Gasteiger partial charge in [0.05, 0.1) is 13.7 Å². The Morgan fingerprint density at radius 2 is 1.70 bits per heavy atom. The van der Waals surface area contributed by atoms with Crippen LogP contribution < -0.4 is 14.8 Å². The van der Waals surface area contributed by atoms with Crippen LogP contribution in [0.15, 0.2) is 60.8 Å². The summed E-state index contributed by atoms with van der Waals surface area (Å²) < 4.78 is 10.6. The van der Waals surface area contributed by atoms with Crippen LogP contribution in [0.3, 0.4) is 0 Å². The van der Waals surface area contributed by atoms with Gasteiger partial charge in [-0.2, -0.15) is 0 Å². The number of allylic oxidation sites excluding steroid dienone is 1. The monoisotopic (exact) mass is 311 g/mol. The standard InChI is InChI=1S/C19H21NO3/c1-3-14-23-18-10-6-16(7-11-18)20-13-12-19(21)15-4-8-17(22-2)9-5-15/h4-13,20H,3,14H2,1-2H3/b13-12-. The van der Waals surface area contributed by atoms with Crippen molar-refractivity contribution in [1.29, 1.82) is 0 Å². The molecule has 0 spiro atoms. The summed E-state index contributed by atoms with van der Waals surface area (Å²) in [5, 5.41) is 3.07. The molecule has 0 aliphatic carbocycles. The number of ether oxygens (including phenoxy) is 2. The molecule has 4 nitrogen and oxygen atoms in total. The zero-order chi connectivity index (χ0) is 16.5. The van der Waals surface area contributed by atoms with Crippen LogP contribution in [-0.2, 0) is 0 Å². The number of carbonyl (C=O) groups excluding carboxylic acids is 1. The number of benzene rings is 2. The molecule has 4 heteroatoms. The average Bonchev–Trinajstić information content (AvgIpc) is 2.61. The van der Waals surface area contributed by atoms with Crippen molar-refractivity contribution in [1.82, 2.24) is 0 Å². The summed E-state index contributed by atoms with van der Waals surface area (Å²) in [6.45, 7) is 2.78. The summed E-state index contributed by atoms with van der Waals surface area (Å²) in [6, 6.07) is 14.6. The van der Waals surface area contributed by atoms with Crippen LogP contribution in [0.1, 0.15) is 23.7 Å². The number of nitrogens with one attached hydrogen (secondary N) is 1. The lowest BCUT2D eigenvalue weighted by atomic mass is 10.1. The third kappa shape index (κ3) is 5.18. The van der Waals surface area contributed by atoms with E-state index < -0.39 is 0 Å². The number of carbonyl (C=O) groups is 1. The number of hydrogen-bond acceptors (Lipinski definition) is 4. The van der Waals surface area contributed by atoms with Crippen LogP contribution in [0, 0.1) is 0 Å². The average molecular weight is 311 g/mol. The number of hydrogen-bond donors (Lipinski definition) is 1. The van der Waals surface area contributed by atoms with Gasteiger partial charge in [-0.3, -0.25) is 4.79 Å². The minimum Gasteiger partial charge on any atom is -0.497 e. The largest absolute Gasteiger partial charge is 0.497 e. The summed E-state index contributed by atoms with van der Waals surface area (Å²) in [7, 11) is 1.60. The zero-order valence-electron chi connectivity index (χ0n) is 13.4. The second-order valence-electron chi connectivity index (χ2n) is 4.94. The third-order valence-electron chi connectivity index (χ3n) is 3.19. The van der Waals surface area contributed by atoms with Crippen molar-refractivity contribution in [3.63, 3.8) is 0 Å². The Labute approximate surface area is 136 Å². The lowest BCUT2D eigenvalue weighted by molar-refractivity contribution is 0.104. The zero-order valence-corrected chi connectivity index (χ0v) is 13.4. The van der Waals surface area contributed by atoms with E-state index in [4.69, 9.17) is 9.47 Å². The quantitative estimate of drug-likeness (QED) is 0.583. The highest BCUT2D eigenvalue weighted by Crippen LogP contribution is 2.16. The van der Waals surface area contributed by atoms with E-state index in [-0.39, 0.29) is 5.78 Å². The van der Waals surface area contributed by atoms with Crippen molar-refractivity contribution in [3.8, 4) is 11.5 Å². The summed E-state index contributed by atoms with van der Waals surface area (Å²) in [5.74, 6) is 1.51. The van der Waals surface area contributed by atoms with Crippen molar-refractivity contribution in [2.45, 2.75) is 13.3 Å². The molecule has 2 rings (SSSR count). The first-order chi connectivity index (χ1) is 11.2. The van der Waals surface area contributed by atoms with Gasteiger partial charge in [-0.1, -0.05) is 6.92 Å². The third-order valence-corrected chi connectivity index (χ3v) is 3.19. The van der Waals surface area contributed by atoms with Gasteiger partial charge in [-0.05, 0) is 55.0 Å². The lowest BCUT2D eigenvalue weighted by Gasteiger charge is -2.05. The molecule has 0 fully saturated rings. The van der Waals surface area contributed by atoms with Crippen molar-refractivity contribution < 1.29 is 14.3 Å². The smallest absolute Gasteiger partial charge is 0.187 e. The van der Waals surface area contributed by atoms with Crippen LogP contribution in [-0.4, -0.2) is 19.5 Å². The van der Waals surface area contributed by atoms with Crippen LogP contribution in [0.25, 0.3) is 0 Å². The number of anilines is 1. The predicted molar refractivity (Wildman–Crippen MR) is 92.3 cm³/mol. The maximum Gasteiger partial charge on any atom is 0.187 e. The van der Waals surface area contributed by atoms with E-state index in [9.17, 15) is 4.79 Å². The van der Waals surface area contributed by atoms with E-state index in [1.807, 2.05) is 24.3 Å². The van der Waals surface area contributed by atoms with E-state index in [2.05, 4.69) is 12.2 Å². The van der Waals surface area contributed by atoms with E-state index >= 15 is 0 Å². The minimum absolute atomic E-state index is 0.0666. The fraction of sp³-hybridized carbons (Fsp3) is 0.211. The Bertz CT molecular complexity index is 645. The summed E-state index contributed by atoms with van der Waals surface area (Å²) in [6.07, 6.45) is 4.12. The highest BCUT2D eigenvalue weighted by molar-refractivity contribution is 6.04. The minimum atomic E-state index is -0.0666. The van der Waals surface area contributed by atoms with Gasteiger partial charge in [0.2, 0.25) is 0 Å². The Hall–Kier alpha value is -2.75. The molecule has 0 atom stereocenters. The molecule has 0 aromatic heterocycles. The Morgan fingerprint density at radius 3 is 2.30 bits per heavy atom. The predicted octanol–water partition coefficient (Wildman–Crippen LogP) is 4.29. The van der Waals surface area contributed by atoms with Gasteiger partial charge in [-0.15, -0.1) is 0 Å². The maximum atomic E-state index is 12.0. The molecule has 0 bridgehead atoms. The normalized spacial score (nSPS) is 10.5. The molecular weight excluding hydrogens is 290 g/mol. The van der Waals surface area contributed by atoms with Crippen molar-refractivity contribution in [3.05, 3.63) is 66.4 Å². The SMILES string of the molecule is CCCOc1ccc(N/C=C\C(=O)c2ccc(OC)cc2)cc1. The van der Waals surface area contributed by atoms with E-state index in [0.717, 1.165) is 23.6 Å². The summed E-state index contributed by atoms with van der Waals surface area (Å²) >= 11 is 0. The van der Waals surface area contributed by atoms with E-state index in [0.29, 0.717) is 12.2 Å². The molecule has 0 aliphatic rings. The lowest BCUT2D eigenvalue weighted by Crippen LogP contribution is -1.97. The molecule has 0 radical (unpaired) electrons. The number of rotatable bonds is 8. The first-order valence-electron chi connectivity index (χ1n) is 7.57. The van der Waals surface area contributed by atoms with Crippen molar-refractivity contribution in [2.75, 3.05) is 19.0 Å². The van der Waals surface area contributed by atoms with Crippen LogP contribution in [0.5, 0.6) is 11.5 Å². The van der Waals surface area contributed by atoms with Crippen molar-refractivity contribution in [2.24, 2.45) is 0 Å². The molecule has 0 saturated carbocycles. The fourth-order valence-corrected chi connectivity index (χ4v) is 1.93. The first kappa shape index (κ1) is 16.6. The molecule has 0 heterocycles. The molecule has 0 amide bonds. The van der Waals surface area contributed by atoms with Gasteiger partial charge in [0.15, 0.2) is 5.78 Å². The van der Waals surface area contributed by atoms with Gasteiger partial charge in [-0.25, -0.2) is 0 Å². The van der Waals surface area contributed by atoms with Gasteiger partial charge in [0.1, 0.15) is 11.5 Å². The Balaban J connectivity index is 1.88. The molecule has 0 aliphatic heterocycles. The van der Waals surface area contributed by atoms with Gasteiger partial charge in [0, 0.05) is 23.5 Å². The number of ketones is 1. The van der Waals surface area contributed by atoms with Gasteiger partial charge < -0.3 is 14.8 Å². The highest BCUT2D eigenvalue weighted by Gasteiger charge is 2.01. The first-order valence-corrected chi connectivity index (χ1v) is 7.57. The molecule has 0 unspecified atom stereocenters. The topological polar surface area (TPSA) is 47.6 Å². The highest BCUT2D eigenvalue weighted by atomic mass is 16.5. The fourth-order valence-electron chi connectivity index (χ4n) is 1.93.